The average molecular weight is 441 g/mol. The van der Waals surface area contributed by atoms with Crippen LogP contribution in [0.4, 0.5) is 11.6 Å². The number of hydrogen-bond acceptors (Lipinski definition) is 7. The highest BCUT2D eigenvalue weighted by atomic mass is 14.9. The van der Waals surface area contributed by atoms with E-state index in [1.54, 1.807) is 24.8 Å². The first kappa shape index (κ1) is 21.0. The molecule has 0 aliphatic heterocycles. The minimum absolute atomic E-state index is 0.583. The first-order chi connectivity index (χ1) is 16.8. The summed E-state index contributed by atoms with van der Waals surface area (Å²) in [6.07, 6.45) is 6.85. The van der Waals surface area contributed by atoms with Gasteiger partial charge in [0.25, 0.3) is 0 Å². The van der Waals surface area contributed by atoms with Crippen LogP contribution in [0.5, 0.6) is 0 Å². The Balaban J connectivity index is 1.32. The first-order valence-electron chi connectivity index (χ1n) is 10.7. The van der Waals surface area contributed by atoms with E-state index in [4.69, 9.17) is 0 Å². The number of aromatic nitrogens is 5. The fraction of sp³-hybridized carbons (Fsp3) is 0. The van der Waals surface area contributed by atoms with E-state index in [1.807, 2.05) is 91.0 Å². The maximum absolute atomic E-state index is 4.59. The lowest BCUT2D eigenvalue weighted by Crippen LogP contribution is -1.93. The van der Waals surface area contributed by atoms with Crippen molar-refractivity contribution in [3.8, 4) is 22.8 Å². The molecule has 0 aliphatic carbocycles. The van der Waals surface area contributed by atoms with Crippen LogP contribution in [0.15, 0.2) is 113 Å². The molecule has 0 aliphatic rings. The number of aliphatic imine (C=N–C) groups is 2. The molecule has 0 spiro atoms. The van der Waals surface area contributed by atoms with Crippen molar-refractivity contribution in [2.75, 3.05) is 0 Å². The third-order valence-corrected chi connectivity index (χ3v) is 4.77. The van der Waals surface area contributed by atoms with E-state index in [2.05, 4.69) is 34.9 Å². The van der Waals surface area contributed by atoms with Crippen LogP contribution < -0.4 is 0 Å². The molecule has 5 aromatic rings. The zero-order valence-corrected chi connectivity index (χ0v) is 18.1. The molecule has 0 saturated heterocycles. The molecule has 0 aromatic carbocycles. The molecule has 0 fully saturated rings. The molecule has 0 bridgehead atoms. The number of hydrogen-bond donors (Lipinski definition) is 0. The van der Waals surface area contributed by atoms with Crippen molar-refractivity contribution in [1.82, 2.24) is 24.9 Å². The van der Waals surface area contributed by atoms with Gasteiger partial charge in [-0.3, -0.25) is 9.97 Å². The van der Waals surface area contributed by atoms with Crippen molar-refractivity contribution in [1.29, 1.82) is 0 Å². The van der Waals surface area contributed by atoms with Crippen LogP contribution >= 0.6 is 0 Å². The van der Waals surface area contributed by atoms with Gasteiger partial charge in [0.05, 0.1) is 46.6 Å². The van der Waals surface area contributed by atoms with Crippen LogP contribution in [-0.2, 0) is 0 Å². The van der Waals surface area contributed by atoms with Gasteiger partial charge in [-0.05, 0) is 60.7 Å². The van der Waals surface area contributed by atoms with Gasteiger partial charge in [-0.2, -0.15) is 0 Å². The number of rotatable bonds is 6. The molecule has 0 amide bonds. The standard InChI is InChI=1S/C27H19N7/c1-3-16-28-22(10-1)24-12-6-14-26(33-24)30-18-20-8-5-9-21(32-20)19-31-27-15-7-13-25(34-27)23-11-2-4-17-29-23/h1-19H. The van der Waals surface area contributed by atoms with E-state index in [1.165, 1.54) is 0 Å². The highest BCUT2D eigenvalue weighted by molar-refractivity contribution is 5.83. The molecule has 7 nitrogen and oxygen atoms in total. The maximum Gasteiger partial charge on any atom is 0.152 e. The van der Waals surface area contributed by atoms with E-state index >= 15 is 0 Å². The third kappa shape index (κ3) is 5.28. The summed E-state index contributed by atoms with van der Waals surface area (Å²) < 4.78 is 0. The second-order valence-corrected chi connectivity index (χ2v) is 7.20. The Morgan fingerprint density at radius 2 is 0.912 bits per heavy atom. The van der Waals surface area contributed by atoms with Gasteiger partial charge in [0.2, 0.25) is 0 Å². The van der Waals surface area contributed by atoms with Crippen LogP contribution in [0, 0.1) is 0 Å². The molecular weight excluding hydrogens is 422 g/mol. The van der Waals surface area contributed by atoms with Crippen molar-refractivity contribution in [2.24, 2.45) is 9.98 Å². The molecule has 0 radical (unpaired) electrons. The fourth-order valence-electron chi connectivity index (χ4n) is 3.18. The zero-order chi connectivity index (χ0) is 23.0. The molecule has 0 N–H and O–H groups in total. The minimum atomic E-state index is 0.583. The molecule has 0 unspecified atom stereocenters. The van der Waals surface area contributed by atoms with E-state index in [0.717, 1.165) is 22.8 Å². The SMILES string of the molecule is C(=Nc1cccc(-c2ccccn2)n1)c1cccc(C=Nc2cccc(-c3ccccn3)n2)n1. The molecule has 0 saturated carbocycles. The zero-order valence-electron chi connectivity index (χ0n) is 18.1. The van der Waals surface area contributed by atoms with Gasteiger partial charge in [-0.25, -0.2) is 24.9 Å². The highest BCUT2D eigenvalue weighted by Gasteiger charge is 2.02. The van der Waals surface area contributed by atoms with Gasteiger partial charge in [0.1, 0.15) is 0 Å². The molecular formula is C27H19N7. The Bertz CT molecular complexity index is 1340. The Morgan fingerprint density at radius 3 is 1.38 bits per heavy atom. The van der Waals surface area contributed by atoms with Crippen LogP contribution in [0.1, 0.15) is 11.4 Å². The van der Waals surface area contributed by atoms with Crippen molar-refractivity contribution in [3.63, 3.8) is 0 Å². The van der Waals surface area contributed by atoms with Gasteiger partial charge >= 0.3 is 0 Å². The predicted octanol–water partition coefficient (Wildman–Crippen LogP) is 5.50. The van der Waals surface area contributed by atoms with Gasteiger partial charge in [-0.15, -0.1) is 0 Å². The van der Waals surface area contributed by atoms with Crippen LogP contribution in [-0.4, -0.2) is 37.3 Å². The highest BCUT2D eigenvalue weighted by Crippen LogP contribution is 2.18. The van der Waals surface area contributed by atoms with Crippen molar-refractivity contribution < 1.29 is 0 Å². The van der Waals surface area contributed by atoms with Crippen LogP contribution in [0.25, 0.3) is 22.8 Å². The second kappa shape index (κ2) is 10.1. The molecule has 34 heavy (non-hydrogen) atoms. The molecule has 7 heteroatoms. The molecule has 5 aromatic heterocycles. The lowest BCUT2D eigenvalue weighted by atomic mass is 10.2. The van der Waals surface area contributed by atoms with Crippen molar-refractivity contribution in [3.05, 3.63) is 115 Å². The summed E-state index contributed by atoms with van der Waals surface area (Å²) in [4.78, 5) is 31.3. The fourth-order valence-corrected chi connectivity index (χ4v) is 3.18. The summed E-state index contributed by atoms with van der Waals surface area (Å²) in [5.74, 6) is 1.17. The van der Waals surface area contributed by atoms with Gasteiger partial charge in [-0.1, -0.05) is 30.3 Å². The van der Waals surface area contributed by atoms with E-state index in [-0.39, 0.29) is 0 Å². The van der Waals surface area contributed by atoms with Crippen LogP contribution in [0.3, 0.4) is 0 Å². The first-order valence-corrected chi connectivity index (χ1v) is 10.7. The average Bonchev–Trinajstić information content (AvgIpc) is 2.92. The lowest BCUT2D eigenvalue weighted by molar-refractivity contribution is 1.22. The summed E-state index contributed by atoms with van der Waals surface area (Å²) >= 11 is 0. The summed E-state index contributed by atoms with van der Waals surface area (Å²) in [6, 6.07) is 28.4. The van der Waals surface area contributed by atoms with Gasteiger partial charge in [0.15, 0.2) is 11.6 Å². The summed E-state index contributed by atoms with van der Waals surface area (Å²) in [6.45, 7) is 0. The second-order valence-electron chi connectivity index (χ2n) is 7.20. The Hall–Kier alpha value is -4.91. The van der Waals surface area contributed by atoms with Crippen molar-refractivity contribution in [2.45, 2.75) is 0 Å². The summed E-state index contributed by atoms with van der Waals surface area (Å²) in [5.41, 5.74) is 4.54. The van der Waals surface area contributed by atoms with E-state index in [0.29, 0.717) is 23.0 Å². The van der Waals surface area contributed by atoms with Crippen LogP contribution in [0.2, 0.25) is 0 Å². The third-order valence-electron chi connectivity index (χ3n) is 4.77. The number of pyridine rings is 5. The van der Waals surface area contributed by atoms with Crippen molar-refractivity contribution >= 4 is 24.1 Å². The molecule has 162 valence electrons. The quantitative estimate of drug-likeness (QED) is 0.325. The monoisotopic (exact) mass is 441 g/mol. The largest absolute Gasteiger partial charge is 0.255 e. The molecule has 0 atom stereocenters. The van der Waals surface area contributed by atoms with E-state index < -0.39 is 0 Å². The minimum Gasteiger partial charge on any atom is -0.255 e. The van der Waals surface area contributed by atoms with Gasteiger partial charge in [0, 0.05) is 12.4 Å². The smallest absolute Gasteiger partial charge is 0.152 e. The molecule has 5 heterocycles. The Kier molecular flexibility index (Phi) is 6.25. The Labute approximate surface area is 196 Å². The maximum atomic E-state index is 4.59. The molecule has 5 rings (SSSR count). The summed E-state index contributed by atoms with van der Waals surface area (Å²) in [7, 11) is 0. The number of nitrogens with zero attached hydrogens (tertiary/aromatic N) is 7. The predicted molar refractivity (Wildman–Crippen MR) is 134 cm³/mol. The normalized spacial score (nSPS) is 11.3. The van der Waals surface area contributed by atoms with E-state index in [9.17, 15) is 0 Å². The summed E-state index contributed by atoms with van der Waals surface area (Å²) in [5, 5.41) is 0. The Morgan fingerprint density at radius 1 is 0.441 bits per heavy atom. The lowest BCUT2D eigenvalue weighted by Gasteiger charge is -2.01. The topological polar surface area (TPSA) is 89.2 Å². The van der Waals surface area contributed by atoms with Gasteiger partial charge < -0.3 is 0 Å².